The Labute approximate surface area is 148 Å². The van der Waals surface area contributed by atoms with Gasteiger partial charge >= 0.3 is 0 Å². The van der Waals surface area contributed by atoms with Crippen LogP contribution in [-0.4, -0.2) is 45.0 Å². The molecule has 0 saturated carbocycles. The van der Waals surface area contributed by atoms with Crippen LogP contribution in [0, 0.1) is 0 Å². The molecular weight excluding hydrogens is 316 g/mol. The normalized spacial score (nSPS) is 14.6. The van der Waals surface area contributed by atoms with Crippen LogP contribution in [0.4, 0.5) is 0 Å². The maximum absolute atomic E-state index is 12.5. The summed E-state index contributed by atoms with van der Waals surface area (Å²) in [6, 6.07) is 7.55. The lowest BCUT2D eigenvalue weighted by Gasteiger charge is -2.26. The average molecular weight is 340 g/mol. The van der Waals surface area contributed by atoms with Gasteiger partial charge in [-0.25, -0.2) is 0 Å². The first-order valence-corrected chi connectivity index (χ1v) is 8.62. The second-order valence-corrected chi connectivity index (χ2v) is 6.65. The monoisotopic (exact) mass is 340 g/mol. The van der Waals surface area contributed by atoms with Crippen LogP contribution < -0.4 is 0 Å². The van der Waals surface area contributed by atoms with Gasteiger partial charge in [-0.2, -0.15) is 5.10 Å². The predicted molar refractivity (Wildman–Crippen MR) is 94.7 cm³/mol. The van der Waals surface area contributed by atoms with Crippen LogP contribution in [0.3, 0.4) is 0 Å². The summed E-state index contributed by atoms with van der Waals surface area (Å²) in [5, 5.41) is 4.12. The Balaban J connectivity index is 1.60. The molecule has 1 aliphatic heterocycles. The Kier molecular flexibility index (Phi) is 5.16. The van der Waals surface area contributed by atoms with Gasteiger partial charge in [0.25, 0.3) is 5.91 Å². The van der Waals surface area contributed by atoms with E-state index in [1.165, 1.54) is 0 Å². The number of hydrogen-bond acceptors (Lipinski definition) is 3. The quantitative estimate of drug-likeness (QED) is 0.838. The predicted octanol–water partition coefficient (Wildman–Crippen LogP) is 2.20. The van der Waals surface area contributed by atoms with E-state index >= 15 is 0 Å². The van der Waals surface area contributed by atoms with Crippen LogP contribution in [0.25, 0.3) is 0 Å². The molecule has 2 aromatic rings. The van der Waals surface area contributed by atoms with Gasteiger partial charge in [0.2, 0.25) is 5.91 Å². The number of nitrogens with zero attached hydrogens (tertiary/aromatic N) is 4. The summed E-state index contributed by atoms with van der Waals surface area (Å²) in [6.45, 7) is 1.98. The molecule has 0 atom stereocenters. The van der Waals surface area contributed by atoms with E-state index in [-0.39, 0.29) is 11.8 Å². The number of carbonyl (C=O) groups excluding carboxylic acids is 2. The summed E-state index contributed by atoms with van der Waals surface area (Å²) in [7, 11) is 3.65. The largest absolute Gasteiger partial charge is 0.338 e. The van der Waals surface area contributed by atoms with Gasteiger partial charge in [-0.15, -0.1) is 0 Å². The molecule has 25 heavy (non-hydrogen) atoms. The third-order valence-electron chi connectivity index (χ3n) is 4.52. The third kappa shape index (κ3) is 4.26. The highest BCUT2D eigenvalue weighted by Crippen LogP contribution is 2.16. The molecule has 0 N–H and O–H groups in total. The smallest absolute Gasteiger partial charge is 0.253 e. The topological polar surface area (TPSA) is 58.4 Å². The number of benzene rings is 1. The Hall–Kier alpha value is -2.63. The Morgan fingerprint density at radius 2 is 1.96 bits per heavy atom. The zero-order chi connectivity index (χ0) is 17.8. The standard InChI is InChI=1S/C19H24N4O2/c1-21(12-16-11-20-22(2)13-16)19(25)17-8-6-15(7-9-17)14-23-10-4-3-5-18(23)24/h6-9,11,13H,3-5,10,12,14H2,1-2H3. The van der Waals surface area contributed by atoms with Crippen molar-refractivity contribution in [3.05, 3.63) is 53.3 Å². The Morgan fingerprint density at radius 3 is 2.60 bits per heavy atom. The SMILES string of the molecule is CN(Cc1cnn(C)c1)C(=O)c1ccc(CN2CCCCC2=O)cc1. The van der Waals surface area contributed by atoms with Gasteiger partial charge in [-0.05, 0) is 30.5 Å². The zero-order valence-corrected chi connectivity index (χ0v) is 14.8. The van der Waals surface area contributed by atoms with Crippen molar-refractivity contribution in [1.82, 2.24) is 19.6 Å². The molecule has 6 nitrogen and oxygen atoms in total. The van der Waals surface area contributed by atoms with Crippen LogP contribution in [-0.2, 0) is 24.9 Å². The summed E-state index contributed by atoms with van der Waals surface area (Å²) >= 11 is 0. The molecule has 1 saturated heterocycles. The highest BCUT2D eigenvalue weighted by molar-refractivity contribution is 5.94. The third-order valence-corrected chi connectivity index (χ3v) is 4.52. The maximum Gasteiger partial charge on any atom is 0.253 e. The van der Waals surface area contributed by atoms with Crippen molar-refractivity contribution < 1.29 is 9.59 Å². The van der Waals surface area contributed by atoms with Crippen LogP contribution in [0.15, 0.2) is 36.7 Å². The number of carbonyl (C=O) groups is 2. The summed E-state index contributed by atoms with van der Waals surface area (Å²) in [5.41, 5.74) is 2.71. The van der Waals surface area contributed by atoms with E-state index in [1.54, 1.807) is 22.8 Å². The summed E-state index contributed by atoms with van der Waals surface area (Å²) in [4.78, 5) is 28.0. The van der Waals surface area contributed by atoms with Crippen molar-refractivity contribution in [3.63, 3.8) is 0 Å². The number of hydrogen-bond donors (Lipinski definition) is 0. The maximum atomic E-state index is 12.5. The van der Waals surface area contributed by atoms with E-state index in [2.05, 4.69) is 5.10 Å². The summed E-state index contributed by atoms with van der Waals surface area (Å²) in [5.74, 6) is 0.201. The first kappa shape index (κ1) is 17.2. The number of rotatable bonds is 5. The van der Waals surface area contributed by atoms with Crippen molar-refractivity contribution in [3.8, 4) is 0 Å². The molecule has 3 rings (SSSR count). The minimum Gasteiger partial charge on any atom is -0.338 e. The van der Waals surface area contributed by atoms with Crippen LogP contribution in [0.5, 0.6) is 0 Å². The van der Waals surface area contributed by atoms with E-state index in [1.807, 2.05) is 42.4 Å². The van der Waals surface area contributed by atoms with Crippen LogP contribution in [0.1, 0.15) is 40.7 Å². The van der Waals surface area contributed by atoms with Gasteiger partial charge in [0.1, 0.15) is 0 Å². The molecule has 2 amide bonds. The number of piperidine rings is 1. The van der Waals surface area contributed by atoms with Crippen LogP contribution in [0.2, 0.25) is 0 Å². The number of likely N-dealkylation sites (tertiary alicyclic amines) is 1. The number of amides is 2. The Morgan fingerprint density at radius 1 is 1.20 bits per heavy atom. The molecule has 0 aliphatic carbocycles. The van der Waals surface area contributed by atoms with Gasteiger partial charge in [-0.3, -0.25) is 14.3 Å². The molecule has 1 fully saturated rings. The number of aromatic nitrogens is 2. The van der Waals surface area contributed by atoms with Gasteiger partial charge in [0.05, 0.1) is 6.20 Å². The van der Waals surface area contributed by atoms with Gasteiger partial charge < -0.3 is 9.80 Å². The molecule has 6 heteroatoms. The van der Waals surface area contributed by atoms with E-state index in [4.69, 9.17) is 0 Å². The van der Waals surface area contributed by atoms with Gasteiger partial charge in [0, 0.05) is 57.5 Å². The van der Waals surface area contributed by atoms with Crippen molar-refractivity contribution in [1.29, 1.82) is 0 Å². The summed E-state index contributed by atoms with van der Waals surface area (Å²) in [6.07, 6.45) is 6.38. The van der Waals surface area contributed by atoms with Crippen LogP contribution >= 0.6 is 0 Å². The van der Waals surface area contributed by atoms with Crippen molar-refractivity contribution >= 4 is 11.8 Å². The Bertz CT molecular complexity index is 751. The van der Waals surface area contributed by atoms with E-state index < -0.39 is 0 Å². The lowest BCUT2D eigenvalue weighted by molar-refractivity contribution is -0.133. The average Bonchev–Trinajstić information content (AvgIpc) is 3.02. The minimum absolute atomic E-state index is 0.0237. The molecule has 0 bridgehead atoms. The molecular formula is C19H24N4O2. The second kappa shape index (κ2) is 7.51. The lowest BCUT2D eigenvalue weighted by atomic mass is 10.1. The molecule has 132 valence electrons. The fourth-order valence-electron chi connectivity index (χ4n) is 3.12. The zero-order valence-electron chi connectivity index (χ0n) is 14.8. The van der Waals surface area contributed by atoms with Gasteiger partial charge in [-0.1, -0.05) is 12.1 Å². The highest BCUT2D eigenvalue weighted by Gasteiger charge is 2.18. The molecule has 2 heterocycles. The molecule has 1 aliphatic rings. The van der Waals surface area contributed by atoms with E-state index in [0.29, 0.717) is 25.1 Å². The van der Waals surface area contributed by atoms with Crippen molar-refractivity contribution in [2.45, 2.75) is 32.4 Å². The van der Waals surface area contributed by atoms with E-state index in [0.717, 1.165) is 30.5 Å². The fourth-order valence-corrected chi connectivity index (χ4v) is 3.12. The highest BCUT2D eigenvalue weighted by atomic mass is 16.2. The number of aryl methyl sites for hydroxylation is 1. The first-order chi connectivity index (χ1) is 12.0. The second-order valence-electron chi connectivity index (χ2n) is 6.65. The molecule has 0 unspecified atom stereocenters. The van der Waals surface area contributed by atoms with Crippen molar-refractivity contribution in [2.75, 3.05) is 13.6 Å². The molecule has 1 aromatic heterocycles. The van der Waals surface area contributed by atoms with E-state index in [9.17, 15) is 9.59 Å². The molecule has 1 aromatic carbocycles. The fraction of sp³-hybridized carbons (Fsp3) is 0.421. The molecule has 0 spiro atoms. The van der Waals surface area contributed by atoms with Crippen molar-refractivity contribution in [2.24, 2.45) is 7.05 Å². The van der Waals surface area contributed by atoms with Gasteiger partial charge in [0.15, 0.2) is 0 Å². The molecule has 0 radical (unpaired) electrons. The first-order valence-electron chi connectivity index (χ1n) is 8.62. The lowest BCUT2D eigenvalue weighted by Crippen LogP contribution is -2.34. The summed E-state index contributed by atoms with van der Waals surface area (Å²) < 4.78 is 1.73. The minimum atomic E-state index is -0.0237.